The molecule has 4 aliphatic rings. The summed E-state index contributed by atoms with van der Waals surface area (Å²) in [7, 11) is 6.94. The van der Waals surface area contributed by atoms with Crippen LogP contribution in [0.5, 0.6) is 0 Å². The Hall–Kier alpha value is -2.41. The number of ether oxygens (including phenoxy) is 7. The molecule has 0 saturated carbocycles. The van der Waals surface area contributed by atoms with E-state index in [9.17, 15) is 25.2 Å². The molecule has 3 fully saturated rings. The van der Waals surface area contributed by atoms with Crippen LogP contribution >= 0.6 is 0 Å². The van der Waals surface area contributed by atoms with Crippen molar-refractivity contribution < 1.29 is 58.4 Å². The van der Waals surface area contributed by atoms with E-state index >= 15 is 0 Å². The van der Waals surface area contributed by atoms with E-state index < -0.39 is 102 Å². The van der Waals surface area contributed by atoms with Gasteiger partial charge in [-0.05, 0) is 106 Å². The van der Waals surface area contributed by atoms with E-state index in [1.165, 1.54) is 19.6 Å². The minimum atomic E-state index is -1.91. The van der Waals surface area contributed by atoms with E-state index in [0.29, 0.717) is 12.1 Å². The molecule has 1 aliphatic carbocycles. The molecule has 8 unspecified atom stereocenters. The van der Waals surface area contributed by atoms with Gasteiger partial charge in [-0.15, -0.1) is 0 Å². The number of carbonyl (C=O) groups is 1. The maximum absolute atomic E-state index is 14.6. The first-order chi connectivity index (χ1) is 29.5. The van der Waals surface area contributed by atoms with Gasteiger partial charge in [-0.1, -0.05) is 52.0 Å². The molecule has 358 valence electrons. The van der Waals surface area contributed by atoms with Crippen molar-refractivity contribution in [3.8, 4) is 0 Å². The third-order valence-corrected chi connectivity index (χ3v) is 14.8. The molecule has 3 aliphatic heterocycles. The van der Waals surface area contributed by atoms with Crippen LogP contribution in [0.25, 0.3) is 0 Å². The topological polar surface area (TPSA) is 191 Å². The number of hydrogen-bond donors (Lipinski definition) is 4. The number of benzene rings is 1. The number of aliphatic hydroxyl groups is 4. The largest absolute Gasteiger partial charge is 0.459 e. The molecule has 18 atom stereocenters. The van der Waals surface area contributed by atoms with Gasteiger partial charge >= 0.3 is 5.97 Å². The van der Waals surface area contributed by atoms with Crippen LogP contribution in [0.4, 0.5) is 0 Å². The second-order valence-electron chi connectivity index (χ2n) is 19.8. The summed E-state index contributed by atoms with van der Waals surface area (Å²) in [6.07, 6.45) is -5.67. The SMILES string of the molecule is CC[C@H]1OC(=O)[C@H](C)[C@@H](OC2CC(C)(OC)C(O)C(C)O2)[C@H](C)[C@@H](OC2OC(C)CC(N(C)C)C2O)[C@](C)(OC)C[C@@H](C)/C(=N/N=C2/CCCc3ccccc32)[C@H](C)[C@@H](O)[C@]1(C)O. The molecule has 63 heavy (non-hydrogen) atoms. The molecule has 3 heterocycles. The van der Waals surface area contributed by atoms with Crippen LogP contribution in [-0.2, 0) is 44.4 Å². The van der Waals surface area contributed by atoms with Gasteiger partial charge in [0, 0.05) is 49.8 Å². The van der Waals surface area contributed by atoms with Crippen LogP contribution in [0.15, 0.2) is 34.5 Å². The smallest absolute Gasteiger partial charge is 0.311 e. The van der Waals surface area contributed by atoms with Gasteiger partial charge in [0.05, 0.1) is 53.4 Å². The zero-order valence-electron chi connectivity index (χ0n) is 40.3. The van der Waals surface area contributed by atoms with Crippen LogP contribution < -0.4 is 0 Å². The van der Waals surface area contributed by atoms with Gasteiger partial charge in [-0.3, -0.25) is 4.79 Å². The number of likely N-dealkylation sites (N-methyl/N-ethyl adjacent to an activating group) is 1. The Morgan fingerprint density at radius 2 is 1.52 bits per heavy atom. The molecule has 0 aromatic heterocycles. The average Bonchev–Trinajstić information content (AvgIpc) is 3.25. The highest BCUT2D eigenvalue weighted by atomic mass is 16.7. The third-order valence-electron chi connectivity index (χ3n) is 14.8. The minimum Gasteiger partial charge on any atom is -0.459 e. The Morgan fingerprint density at radius 3 is 2.16 bits per heavy atom. The molecular weight excluding hydrogens is 811 g/mol. The van der Waals surface area contributed by atoms with Crippen molar-refractivity contribution in [1.29, 1.82) is 0 Å². The maximum atomic E-state index is 14.6. The van der Waals surface area contributed by atoms with Gasteiger partial charge in [-0.25, -0.2) is 0 Å². The van der Waals surface area contributed by atoms with Crippen LogP contribution in [0.2, 0.25) is 0 Å². The lowest BCUT2D eigenvalue weighted by Gasteiger charge is -2.50. The van der Waals surface area contributed by atoms with Gasteiger partial charge in [0.15, 0.2) is 12.6 Å². The van der Waals surface area contributed by atoms with E-state index in [4.69, 9.17) is 43.4 Å². The number of aliphatic hydroxyl groups excluding tert-OH is 3. The Kier molecular flexibility index (Phi) is 17.2. The number of methoxy groups -OCH3 is 2. The molecular formula is C48H79N3O12. The van der Waals surface area contributed by atoms with Crippen molar-refractivity contribution >= 4 is 17.4 Å². The Labute approximate surface area is 375 Å². The van der Waals surface area contributed by atoms with Crippen molar-refractivity contribution in [1.82, 2.24) is 4.90 Å². The van der Waals surface area contributed by atoms with Gasteiger partial charge in [-0.2, -0.15) is 10.2 Å². The van der Waals surface area contributed by atoms with Crippen LogP contribution in [0.1, 0.15) is 119 Å². The highest BCUT2D eigenvalue weighted by Crippen LogP contribution is 2.42. The number of fused-ring (bicyclic) bond motifs is 1. The molecule has 0 bridgehead atoms. The highest BCUT2D eigenvalue weighted by Gasteiger charge is 2.54. The van der Waals surface area contributed by atoms with E-state index in [0.717, 1.165) is 30.5 Å². The molecule has 0 spiro atoms. The highest BCUT2D eigenvalue weighted by molar-refractivity contribution is 6.03. The summed E-state index contributed by atoms with van der Waals surface area (Å²) in [4.78, 5) is 16.5. The second-order valence-corrected chi connectivity index (χ2v) is 19.8. The number of esters is 1. The van der Waals surface area contributed by atoms with E-state index in [2.05, 4.69) is 12.1 Å². The normalized spacial score (nSPS) is 44.9. The quantitative estimate of drug-likeness (QED) is 0.191. The molecule has 4 N–H and O–H groups in total. The molecule has 3 saturated heterocycles. The fourth-order valence-electron chi connectivity index (χ4n) is 10.6. The number of nitrogens with zero attached hydrogens (tertiary/aromatic N) is 3. The number of rotatable bonds is 9. The zero-order chi connectivity index (χ0) is 46.8. The molecule has 5 rings (SSSR count). The maximum Gasteiger partial charge on any atom is 0.311 e. The van der Waals surface area contributed by atoms with Gasteiger partial charge in [0.1, 0.15) is 23.9 Å². The van der Waals surface area contributed by atoms with E-state index in [-0.39, 0.29) is 31.4 Å². The first-order valence-corrected chi connectivity index (χ1v) is 23.1. The standard InChI is InChI=1S/C48H79N3O12/c1-15-36-48(10,56)41(53)28(4)38(50-49-34-22-18-20-32-19-16-17-21-33(32)34)26(2)24-47(9,58-14)43(63-45-39(52)35(51(11)12)23-27(3)59-45)29(5)40(30(6)44(55)61-36)62-37-25-46(8,57-13)42(54)31(7)60-37/h16-17,19,21,26-31,35-37,39-43,45,52-54,56H,15,18,20,22-25H2,1-14H3/b49-34-,50-38-/t26-,27?,28+,29+,30-,31?,35?,36-,37?,39?,40+,41-,42?,43-,45?,46?,47-,48-/m1/s1. The number of aryl methyl sites for hydroxylation is 1. The predicted molar refractivity (Wildman–Crippen MR) is 239 cm³/mol. The fraction of sp³-hybridized carbons (Fsp3) is 0.812. The summed E-state index contributed by atoms with van der Waals surface area (Å²) in [5.41, 5.74) is -0.546. The van der Waals surface area contributed by atoms with Crippen molar-refractivity contribution in [3.63, 3.8) is 0 Å². The Bertz CT molecular complexity index is 1740. The Morgan fingerprint density at radius 1 is 0.857 bits per heavy atom. The summed E-state index contributed by atoms with van der Waals surface area (Å²) >= 11 is 0. The van der Waals surface area contributed by atoms with Crippen LogP contribution in [-0.4, -0.2) is 155 Å². The first kappa shape index (κ1) is 51.6. The molecule has 1 aromatic rings. The first-order valence-electron chi connectivity index (χ1n) is 23.1. The Balaban J connectivity index is 1.69. The predicted octanol–water partition coefficient (Wildman–Crippen LogP) is 5.05. The van der Waals surface area contributed by atoms with Crippen LogP contribution in [0, 0.1) is 23.7 Å². The zero-order valence-corrected chi connectivity index (χ0v) is 40.3. The summed E-state index contributed by atoms with van der Waals surface area (Å²) in [5, 5.41) is 57.2. The van der Waals surface area contributed by atoms with Gasteiger partial charge in [0.2, 0.25) is 0 Å². The number of carbonyl (C=O) groups excluding carboxylic acids is 1. The summed E-state index contributed by atoms with van der Waals surface area (Å²) < 4.78 is 45.2. The van der Waals surface area contributed by atoms with Crippen molar-refractivity contribution in [2.75, 3.05) is 28.3 Å². The molecule has 1 aromatic carbocycles. The molecule has 15 nitrogen and oxygen atoms in total. The third kappa shape index (κ3) is 11.1. The lowest BCUT2D eigenvalue weighted by atomic mass is 9.73. The van der Waals surface area contributed by atoms with E-state index in [1.54, 1.807) is 34.8 Å². The second kappa shape index (κ2) is 21.0. The van der Waals surface area contributed by atoms with Gasteiger partial charge in [0.25, 0.3) is 0 Å². The summed E-state index contributed by atoms with van der Waals surface area (Å²) in [6, 6.07) is 7.90. The van der Waals surface area contributed by atoms with E-state index in [1.807, 2.05) is 65.7 Å². The molecule has 0 radical (unpaired) electrons. The summed E-state index contributed by atoms with van der Waals surface area (Å²) in [6.45, 7) is 18.1. The lowest BCUT2D eigenvalue weighted by Crippen LogP contribution is -2.61. The van der Waals surface area contributed by atoms with Crippen molar-refractivity contribution in [2.24, 2.45) is 33.9 Å². The van der Waals surface area contributed by atoms with Crippen molar-refractivity contribution in [2.45, 2.75) is 198 Å². The molecule has 0 amide bonds. The average molecular weight is 890 g/mol. The summed E-state index contributed by atoms with van der Waals surface area (Å²) in [5.74, 6) is -3.56. The number of hydrogen-bond acceptors (Lipinski definition) is 15. The molecule has 15 heteroatoms. The van der Waals surface area contributed by atoms with Crippen LogP contribution in [0.3, 0.4) is 0 Å². The minimum absolute atomic E-state index is 0.139. The lowest BCUT2D eigenvalue weighted by molar-refractivity contribution is -0.319. The monoisotopic (exact) mass is 890 g/mol. The number of cyclic esters (lactones) is 1. The fourth-order valence-corrected chi connectivity index (χ4v) is 10.6. The van der Waals surface area contributed by atoms with Crippen molar-refractivity contribution in [3.05, 3.63) is 35.4 Å². The van der Waals surface area contributed by atoms with Gasteiger partial charge < -0.3 is 58.5 Å².